The van der Waals surface area contributed by atoms with Gasteiger partial charge in [0, 0.05) is 61.1 Å². The first-order valence-corrected chi connectivity index (χ1v) is 15.2. The Morgan fingerprint density at radius 1 is 1.07 bits per heavy atom. The highest BCUT2D eigenvalue weighted by molar-refractivity contribution is 7.85. The molecule has 5 aromatic rings. The van der Waals surface area contributed by atoms with Crippen LogP contribution in [0.3, 0.4) is 0 Å². The summed E-state index contributed by atoms with van der Waals surface area (Å²) in [7, 11) is -0.747. The van der Waals surface area contributed by atoms with Gasteiger partial charge in [-0.1, -0.05) is 0 Å². The van der Waals surface area contributed by atoms with E-state index in [0.29, 0.717) is 65.5 Å². The predicted octanol–water partition coefficient (Wildman–Crippen LogP) is 2.57. The second-order valence-corrected chi connectivity index (χ2v) is 12.0. The molecule has 0 unspecified atom stereocenters. The van der Waals surface area contributed by atoms with E-state index < -0.39 is 10.8 Å². The lowest BCUT2D eigenvalue weighted by Crippen LogP contribution is -2.47. The molecule has 0 aliphatic carbocycles. The average molecular weight is 580 g/mol. The maximum Gasteiger partial charge on any atom is 0.225 e. The Morgan fingerprint density at radius 2 is 1.90 bits per heavy atom. The van der Waals surface area contributed by atoms with Gasteiger partial charge in [-0.25, -0.2) is 14.1 Å². The highest BCUT2D eigenvalue weighted by Gasteiger charge is 2.23. The van der Waals surface area contributed by atoms with E-state index in [1.807, 2.05) is 10.7 Å². The Labute approximate surface area is 237 Å². The molecular weight excluding hydrogens is 549 g/mol. The normalized spacial score (nSPS) is 20.3. The summed E-state index contributed by atoms with van der Waals surface area (Å²) in [5.41, 5.74) is 8.03. The van der Waals surface area contributed by atoms with Gasteiger partial charge in [0.25, 0.3) is 0 Å². The maximum absolute atomic E-state index is 15.0. The standard InChI is InChI=1S/C27H30FN9O3S/c28-21-16-19(40-18-5-14-41(38)15-6-18)3-4-22(21)35-10-7-34(8-11-35)9-12-36-25-20(17-30-36)26-31-24(23-2-1-13-39-23)33-37(26)27(29)32-25/h1-4,13,16-18H,5-12,14-15H2,(H2,29,32). The van der Waals surface area contributed by atoms with E-state index in [1.165, 1.54) is 10.6 Å². The molecule has 214 valence electrons. The highest BCUT2D eigenvalue weighted by atomic mass is 32.2. The quantitative estimate of drug-likeness (QED) is 0.307. The number of benzene rings is 1. The minimum Gasteiger partial charge on any atom is -0.490 e. The number of nitrogen functional groups attached to an aromatic ring is 1. The number of nitrogens with zero attached hydrogens (tertiary/aromatic N) is 8. The van der Waals surface area contributed by atoms with Crippen LogP contribution in [0, 0.1) is 5.82 Å². The lowest BCUT2D eigenvalue weighted by Gasteiger charge is -2.36. The van der Waals surface area contributed by atoms with Gasteiger partial charge < -0.3 is 19.8 Å². The lowest BCUT2D eigenvalue weighted by molar-refractivity contribution is 0.190. The summed E-state index contributed by atoms with van der Waals surface area (Å²) in [5.74, 6) is 2.76. The van der Waals surface area contributed by atoms with Gasteiger partial charge in [0.2, 0.25) is 11.8 Å². The van der Waals surface area contributed by atoms with Gasteiger partial charge in [-0.05, 0) is 37.1 Å². The molecule has 2 aliphatic rings. The predicted molar refractivity (Wildman–Crippen MR) is 153 cm³/mol. The summed E-state index contributed by atoms with van der Waals surface area (Å²) in [6, 6.07) is 8.68. The molecule has 7 rings (SSSR count). The van der Waals surface area contributed by atoms with Crippen LogP contribution in [-0.2, 0) is 17.3 Å². The van der Waals surface area contributed by atoms with Gasteiger partial charge in [0.15, 0.2) is 17.1 Å². The van der Waals surface area contributed by atoms with Crippen molar-refractivity contribution >= 4 is 39.1 Å². The molecular formula is C27H30FN9O3S. The van der Waals surface area contributed by atoms with E-state index in [1.54, 1.807) is 30.7 Å². The van der Waals surface area contributed by atoms with Gasteiger partial charge in [0.1, 0.15) is 17.7 Å². The number of nitrogens with two attached hydrogens (primary N) is 1. The number of halogens is 1. The van der Waals surface area contributed by atoms with Crippen molar-refractivity contribution in [3.8, 4) is 17.3 Å². The number of hydrogen-bond donors (Lipinski definition) is 1. The maximum atomic E-state index is 15.0. The van der Waals surface area contributed by atoms with Gasteiger partial charge in [-0.3, -0.25) is 9.11 Å². The van der Waals surface area contributed by atoms with Crippen molar-refractivity contribution < 1.29 is 17.8 Å². The van der Waals surface area contributed by atoms with Crippen LogP contribution < -0.4 is 15.4 Å². The van der Waals surface area contributed by atoms with Gasteiger partial charge >= 0.3 is 0 Å². The summed E-state index contributed by atoms with van der Waals surface area (Å²) in [4.78, 5) is 13.6. The van der Waals surface area contributed by atoms with Crippen LogP contribution in [0.25, 0.3) is 28.3 Å². The van der Waals surface area contributed by atoms with Crippen molar-refractivity contribution in [2.75, 3.05) is 54.9 Å². The van der Waals surface area contributed by atoms with Gasteiger partial charge in [-0.15, -0.1) is 5.10 Å². The number of anilines is 2. The molecule has 0 saturated carbocycles. The molecule has 0 bridgehead atoms. The molecule has 0 amide bonds. The molecule has 1 aromatic carbocycles. The first-order valence-electron chi connectivity index (χ1n) is 13.7. The van der Waals surface area contributed by atoms with Crippen LogP contribution in [-0.4, -0.2) is 88.8 Å². The van der Waals surface area contributed by atoms with Gasteiger partial charge in [-0.2, -0.15) is 14.6 Å². The third kappa shape index (κ3) is 5.12. The van der Waals surface area contributed by atoms with Crippen LogP contribution in [0.15, 0.2) is 47.2 Å². The third-order valence-electron chi connectivity index (χ3n) is 7.74. The van der Waals surface area contributed by atoms with E-state index in [2.05, 4.69) is 30.0 Å². The van der Waals surface area contributed by atoms with Crippen LogP contribution in [0.5, 0.6) is 5.75 Å². The minimum absolute atomic E-state index is 0.00152. The lowest BCUT2D eigenvalue weighted by atomic mass is 10.2. The van der Waals surface area contributed by atoms with E-state index in [4.69, 9.17) is 14.9 Å². The van der Waals surface area contributed by atoms with E-state index in [9.17, 15) is 4.21 Å². The monoisotopic (exact) mass is 579 g/mol. The molecule has 41 heavy (non-hydrogen) atoms. The number of hydrogen-bond acceptors (Lipinski definition) is 10. The summed E-state index contributed by atoms with van der Waals surface area (Å²) in [6.07, 6.45) is 4.80. The van der Waals surface area contributed by atoms with E-state index in [0.717, 1.165) is 37.9 Å². The molecule has 4 aromatic heterocycles. The molecule has 2 saturated heterocycles. The first kappa shape index (κ1) is 25.9. The summed E-state index contributed by atoms with van der Waals surface area (Å²) < 4.78 is 41.3. The fraction of sp³-hybridized carbons (Fsp3) is 0.407. The Bertz CT molecular complexity index is 1700. The van der Waals surface area contributed by atoms with Crippen molar-refractivity contribution in [2.45, 2.75) is 25.5 Å². The number of ether oxygens (including phenoxy) is 1. The number of fused-ring (bicyclic) bond motifs is 3. The van der Waals surface area contributed by atoms with Crippen molar-refractivity contribution in [3.05, 3.63) is 48.6 Å². The Kier molecular flexibility index (Phi) is 6.79. The van der Waals surface area contributed by atoms with Crippen molar-refractivity contribution in [2.24, 2.45) is 0 Å². The number of rotatable bonds is 7. The number of aromatic nitrogens is 6. The fourth-order valence-corrected chi connectivity index (χ4v) is 6.73. The minimum atomic E-state index is -0.747. The Morgan fingerprint density at radius 3 is 2.66 bits per heavy atom. The summed E-state index contributed by atoms with van der Waals surface area (Å²) >= 11 is 0. The fourth-order valence-electron chi connectivity index (χ4n) is 5.48. The molecule has 2 aliphatic heterocycles. The smallest absolute Gasteiger partial charge is 0.225 e. The van der Waals surface area contributed by atoms with Crippen LogP contribution in [0.2, 0.25) is 0 Å². The zero-order chi connectivity index (χ0) is 27.9. The molecule has 0 radical (unpaired) electrons. The van der Waals surface area contributed by atoms with Crippen molar-refractivity contribution in [3.63, 3.8) is 0 Å². The molecule has 12 nitrogen and oxygen atoms in total. The Hall–Kier alpha value is -4.04. The highest BCUT2D eigenvalue weighted by Crippen LogP contribution is 2.28. The second-order valence-electron chi connectivity index (χ2n) is 10.3. The second kappa shape index (κ2) is 10.7. The SMILES string of the molecule is Nc1nc2c(cnn2CCN2CCN(c3ccc(OC4CCS(=O)CC4)cc3F)CC2)c2nc(-c3ccco3)nn12. The first-order chi connectivity index (χ1) is 20.0. The van der Waals surface area contributed by atoms with E-state index in [-0.39, 0.29) is 17.9 Å². The van der Waals surface area contributed by atoms with E-state index >= 15 is 4.39 Å². The molecule has 0 atom stereocenters. The number of furan rings is 1. The van der Waals surface area contributed by atoms with Crippen LogP contribution in [0.1, 0.15) is 12.8 Å². The molecule has 0 spiro atoms. The van der Waals surface area contributed by atoms with Crippen LogP contribution in [0.4, 0.5) is 16.0 Å². The topological polar surface area (TPSA) is 133 Å². The zero-order valence-electron chi connectivity index (χ0n) is 22.4. The summed E-state index contributed by atoms with van der Waals surface area (Å²) in [5, 5.41) is 9.75. The molecule has 14 heteroatoms. The average Bonchev–Trinajstić information content (AvgIpc) is 3.74. The van der Waals surface area contributed by atoms with Crippen LogP contribution >= 0.6 is 0 Å². The molecule has 2 fully saturated rings. The largest absolute Gasteiger partial charge is 0.490 e. The van der Waals surface area contributed by atoms with Crippen molar-refractivity contribution in [1.82, 2.24) is 34.3 Å². The van der Waals surface area contributed by atoms with Gasteiger partial charge in [0.05, 0.1) is 30.1 Å². The Balaban J connectivity index is 0.974. The molecule has 2 N–H and O–H groups in total. The zero-order valence-corrected chi connectivity index (χ0v) is 23.2. The number of piperazine rings is 1. The summed E-state index contributed by atoms with van der Waals surface area (Å²) in [6.45, 7) is 4.42. The third-order valence-corrected chi connectivity index (χ3v) is 9.12. The van der Waals surface area contributed by atoms with Crippen molar-refractivity contribution in [1.29, 1.82) is 0 Å². The molecule has 6 heterocycles.